The lowest BCUT2D eigenvalue weighted by atomic mass is 10.1. The molecule has 0 fully saturated rings. The molecule has 16 heavy (non-hydrogen) atoms. The van der Waals surface area contributed by atoms with Crippen molar-refractivity contribution in [2.45, 2.75) is 31.2 Å². The zero-order valence-corrected chi connectivity index (χ0v) is 11.7. The predicted octanol–water partition coefficient (Wildman–Crippen LogP) is 3.94. The van der Waals surface area contributed by atoms with Crippen LogP contribution in [0.2, 0.25) is 0 Å². The summed E-state index contributed by atoms with van der Waals surface area (Å²) in [5.41, 5.74) is 7.09. The van der Waals surface area contributed by atoms with E-state index in [2.05, 4.69) is 31.2 Å². The molecule has 1 nitrogen and oxygen atoms in total. The van der Waals surface area contributed by atoms with Crippen molar-refractivity contribution in [3.63, 3.8) is 0 Å². The maximum atomic E-state index is 5.86. The second kappa shape index (κ2) is 8.04. The van der Waals surface area contributed by atoms with E-state index in [-0.39, 0.29) is 6.04 Å². The van der Waals surface area contributed by atoms with Gasteiger partial charge in [0.1, 0.15) is 0 Å². The fraction of sp³-hybridized carbons (Fsp3) is 0.538. The Balaban J connectivity index is 2.33. The van der Waals surface area contributed by atoms with Crippen molar-refractivity contribution in [3.05, 3.63) is 29.8 Å². The summed E-state index contributed by atoms with van der Waals surface area (Å²) in [5.74, 6) is 3.71. The summed E-state index contributed by atoms with van der Waals surface area (Å²) in [6.07, 6.45) is 1.28. The molecule has 0 heterocycles. The average molecular weight is 255 g/mol. The van der Waals surface area contributed by atoms with Gasteiger partial charge in [-0.3, -0.25) is 0 Å². The molecule has 2 N–H and O–H groups in total. The van der Waals surface area contributed by atoms with Gasteiger partial charge in [0.05, 0.1) is 0 Å². The van der Waals surface area contributed by atoms with E-state index in [0.29, 0.717) is 0 Å². The van der Waals surface area contributed by atoms with Crippen molar-refractivity contribution < 1.29 is 0 Å². The molecule has 0 radical (unpaired) electrons. The minimum Gasteiger partial charge on any atom is -0.324 e. The highest BCUT2D eigenvalue weighted by molar-refractivity contribution is 8.00. The summed E-state index contributed by atoms with van der Waals surface area (Å²) in [5, 5.41) is 0. The summed E-state index contributed by atoms with van der Waals surface area (Å²) in [6.45, 7) is 4.24. The lowest BCUT2D eigenvalue weighted by Crippen LogP contribution is -2.04. The molecular formula is C13H21NS2. The van der Waals surface area contributed by atoms with Crippen LogP contribution in [-0.2, 0) is 0 Å². The number of hydrogen-bond acceptors (Lipinski definition) is 3. The number of thioether (sulfide) groups is 2. The minimum atomic E-state index is 0.135. The first-order valence-electron chi connectivity index (χ1n) is 5.80. The third-order valence-corrected chi connectivity index (χ3v) is 4.36. The molecule has 1 aromatic rings. The molecule has 0 saturated heterocycles. The van der Waals surface area contributed by atoms with Crippen LogP contribution >= 0.6 is 23.5 Å². The molecule has 3 heteroatoms. The van der Waals surface area contributed by atoms with Gasteiger partial charge in [0.15, 0.2) is 0 Å². The second-order valence-electron chi connectivity index (χ2n) is 3.76. The molecule has 0 aliphatic carbocycles. The van der Waals surface area contributed by atoms with E-state index >= 15 is 0 Å². The molecule has 0 aromatic heterocycles. The van der Waals surface area contributed by atoms with E-state index in [4.69, 9.17) is 5.73 Å². The monoisotopic (exact) mass is 255 g/mol. The van der Waals surface area contributed by atoms with Crippen LogP contribution in [0.25, 0.3) is 0 Å². The number of hydrogen-bond donors (Lipinski definition) is 1. The van der Waals surface area contributed by atoms with Crippen molar-refractivity contribution in [2.24, 2.45) is 5.73 Å². The van der Waals surface area contributed by atoms with Crippen molar-refractivity contribution in [2.75, 3.05) is 17.3 Å². The van der Waals surface area contributed by atoms with Gasteiger partial charge in [-0.05, 0) is 48.3 Å². The highest BCUT2D eigenvalue weighted by Crippen LogP contribution is 2.22. The van der Waals surface area contributed by atoms with Crippen molar-refractivity contribution in [1.29, 1.82) is 0 Å². The van der Waals surface area contributed by atoms with E-state index in [0.717, 1.165) is 0 Å². The average Bonchev–Trinajstić information content (AvgIpc) is 2.29. The van der Waals surface area contributed by atoms with Crippen molar-refractivity contribution in [1.82, 2.24) is 0 Å². The fourth-order valence-electron chi connectivity index (χ4n) is 1.38. The quantitative estimate of drug-likeness (QED) is 0.590. The summed E-state index contributed by atoms with van der Waals surface area (Å²) in [7, 11) is 0. The molecule has 90 valence electrons. The molecule has 0 bridgehead atoms. The molecule has 0 saturated carbocycles. The lowest BCUT2D eigenvalue weighted by molar-refractivity contribution is 0.815. The number of nitrogens with two attached hydrogens (primary N) is 1. The molecule has 1 unspecified atom stereocenters. The molecule has 0 amide bonds. The molecule has 0 aliphatic heterocycles. The summed E-state index contributed by atoms with van der Waals surface area (Å²) >= 11 is 3.95. The maximum absolute atomic E-state index is 5.86. The maximum Gasteiger partial charge on any atom is 0.0266 e. The molecule has 0 spiro atoms. The summed E-state index contributed by atoms with van der Waals surface area (Å²) in [4.78, 5) is 1.34. The van der Waals surface area contributed by atoms with Gasteiger partial charge < -0.3 is 5.73 Å². The third kappa shape index (κ3) is 5.28. The van der Waals surface area contributed by atoms with Crippen LogP contribution in [0.5, 0.6) is 0 Å². The van der Waals surface area contributed by atoms with Crippen LogP contribution in [0.1, 0.15) is 31.9 Å². The van der Waals surface area contributed by atoms with Crippen LogP contribution < -0.4 is 5.73 Å². The van der Waals surface area contributed by atoms with Gasteiger partial charge in [0, 0.05) is 10.9 Å². The Morgan fingerprint density at radius 2 is 2.12 bits per heavy atom. The van der Waals surface area contributed by atoms with E-state index in [1.807, 2.05) is 30.4 Å². The first-order valence-corrected chi connectivity index (χ1v) is 7.94. The second-order valence-corrected chi connectivity index (χ2v) is 6.32. The van der Waals surface area contributed by atoms with E-state index in [1.165, 1.54) is 34.1 Å². The summed E-state index contributed by atoms with van der Waals surface area (Å²) in [6, 6.07) is 8.71. The SMILES string of the molecule is CCSCCCSc1cccc(C(C)N)c1. The minimum absolute atomic E-state index is 0.135. The Bertz CT molecular complexity index is 300. The van der Waals surface area contributed by atoms with Crippen molar-refractivity contribution in [3.8, 4) is 0 Å². The summed E-state index contributed by atoms with van der Waals surface area (Å²) < 4.78 is 0. The first kappa shape index (κ1) is 13.9. The largest absolute Gasteiger partial charge is 0.324 e. The lowest BCUT2D eigenvalue weighted by Gasteiger charge is -2.07. The van der Waals surface area contributed by atoms with Gasteiger partial charge in [-0.15, -0.1) is 11.8 Å². The highest BCUT2D eigenvalue weighted by Gasteiger charge is 2.00. The smallest absolute Gasteiger partial charge is 0.0266 e. The normalized spacial score (nSPS) is 12.7. The molecule has 1 aromatic carbocycles. The van der Waals surface area contributed by atoms with Crippen LogP contribution in [0.3, 0.4) is 0 Å². The Morgan fingerprint density at radius 3 is 2.81 bits per heavy atom. The van der Waals surface area contributed by atoms with E-state index in [1.54, 1.807) is 0 Å². The van der Waals surface area contributed by atoms with Gasteiger partial charge in [-0.1, -0.05) is 19.1 Å². The van der Waals surface area contributed by atoms with Crippen LogP contribution in [-0.4, -0.2) is 17.3 Å². The zero-order valence-electron chi connectivity index (χ0n) is 10.1. The van der Waals surface area contributed by atoms with E-state index in [9.17, 15) is 0 Å². The van der Waals surface area contributed by atoms with Gasteiger partial charge in [0.2, 0.25) is 0 Å². The fourth-order valence-corrected chi connectivity index (χ4v) is 3.12. The van der Waals surface area contributed by atoms with Gasteiger partial charge >= 0.3 is 0 Å². The standard InChI is InChI=1S/C13H21NS2/c1-3-15-8-5-9-16-13-7-4-6-12(10-13)11(2)14/h4,6-7,10-11H,3,5,8-9,14H2,1-2H3. The topological polar surface area (TPSA) is 26.0 Å². The van der Waals surface area contributed by atoms with Crippen LogP contribution in [0.15, 0.2) is 29.2 Å². The molecular weight excluding hydrogens is 234 g/mol. The Labute approximate surface area is 108 Å². The third-order valence-electron chi connectivity index (χ3n) is 2.29. The Kier molecular flexibility index (Phi) is 7.01. The molecule has 0 aliphatic rings. The van der Waals surface area contributed by atoms with Gasteiger partial charge in [0.25, 0.3) is 0 Å². The molecule has 1 rings (SSSR count). The number of rotatable bonds is 7. The zero-order chi connectivity index (χ0) is 11.8. The van der Waals surface area contributed by atoms with Crippen molar-refractivity contribution >= 4 is 23.5 Å². The van der Waals surface area contributed by atoms with E-state index < -0.39 is 0 Å². The van der Waals surface area contributed by atoms with Crippen LogP contribution in [0, 0.1) is 0 Å². The first-order chi connectivity index (χ1) is 7.74. The molecule has 1 atom stereocenters. The van der Waals surface area contributed by atoms with Gasteiger partial charge in [-0.2, -0.15) is 11.8 Å². The Morgan fingerprint density at radius 1 is 1.31 bits per heavy atom. The highest BCUT2D eigenvalue weighted by atomic mass is 32.2. The predicted molar refractivity (Wildman–Crippen MR) is 77.4 cm³/mol. The Hall–Kier alpha value is -0.120. The van der Waals surface area contributed by atoms with Gasteiger partial charge in [-0.25, -0.2) is 0 Å². The number of benzene rings is 1. The van der Waals surface area contributed by atoms with Crippen LogP contribution in [0.4, 0.5) is 0 Å².